The summed E-state index contributed by atoms with van der Waals surface area (Å²) in [6, 6.07) is 18.0. The molecular formula is C25H22N4O4. The number of aromatic hydroxyl groups is 2. The van der Waals surface area contributed by atoms with Gasteiger partial charge >= 0.3 is 0 Å². The molecule has 2 aromatic heterocycles. The second-order valence-corrected chi connectivity index (χ2v) is 7.26. The molecule has 8 nitrogen and oxygen atoms in total. The third kappa shape index (κ3) is 3.86. The SMILES string of the molecule is Cn1c(O)c(C=C=CC=Cc2c(O)n(C)n(-c3ccccc3)c2=O)c(=O)n1-c1ccccc1. The number of aromatic nitrogens is 4. The highest BCUT2D eigenvalue weighted by molar-refractivity contribution is 5.58. The number of nitrogens with zero attached hydrogens (tertiary/aromatic N) is 4. The van der Waals surface area contributed by atoms with Crippen molar-refractivity contribution in [3.8, 4) is 23.1 Å². The van der Waals surface area contributed by atoms with E-state index >= 15 is 0 Å². The van der Waals surface area contributed by atoms with Gasteiger partial charge in [0, 0.05) is 14.1 Å². The van der Waals surface area contributed by atoms with Gasteiger partial charge in [0.15, 0.2) is 0 Å². The summed E-state index contributed by atoms with van der Waals surface area (Å²) in [7, 11) is 3.17. The van der Waals surface area contributed by atoms with Gasteiger partial charge in [-0.25, -0.2) is 18.7 Å². The molecular weight excluding hydrogens is 420 g/mol. The molecule has 0 aliphatic carbocycles. The van der Waals surface area contributed by atoms with Gasteiger partial charge in [0.25, 0.3) is 11.1 Å². The van der Waals surface area contributed by atoms with Gasteiger partial charge in [-0.2, -0.15) is 0 Å². The van der Waals surface area contributed by atoms with Crippen molar-refractivity contribution >= 4 is 12.2 Å². The van der Waals surface area contributed by atoms with Crippen molar-refractivity contribution in [2.75, 3.05) is 0 Å². The Morgan fingerprint density at radius 3 is 1.70 bits per heavy atom. The van der Waals surface area contributed by atoms with Gasteiger partial charge in [-0.05, 0) is 42.5 Å². The Labute approximate surface area is 189 Å². The van der Waals surface area contributed by atoms with E-state index in [0.29, 0.717) is 11.4 Å². The Kier molecular flexibility index (Phi) is 5.76. The zero-order chi connectivity index (χ0) is 23.5. The molecule has 166 valence electrons. The lowest BCUT2D eigenvalue weighted by Crippen LogP contribution is -2.20. The van der Waals surface area contributed by atoms with Crippen LogP contribution in [-0.2, 0) is 14.1 Å². The molecule has 0 amide bonds. The molecule has 0 fully saturated rings. The van der Waals surface area contributed by atoms with Gasteiger partial charge in [-0.1, -0.05) is 42.5 Å². The normalized spacial score (nSPS) is 11.0. The lowest BCUT2D eigenvalue weighted by molar-refractivity contribution is 0.406. The van der Waals surface area contributed by atoms with Gasteiger partial charge in [0.2, 0.25) is 11.8 Å². The number of allylic oxidation sites excluding steroid dienone is 2. The van der Waals surface area contributed by atoms with E-state index < -0.39 is 5.56 Å². The maximum absolute atomic E-state index is 12.8. The van der Waals surface area contributed by atoms with Crippen LogP contribution in [0, 0.1) is 0 Å². The van der Waals surface area contributed by atoms with Crippen LogP contribution >= 0.6 is 0 Å². The highest BCUT2D eigenvalue weighted by Crippen LogP contribution is 2.18. The van der Waals surface area contributed by atoms with Crippen molar-refractivity contribution in [2.45, 2.75) is 0 Å². The Morgan fingerprint density at radius 2 is 1.18 bits per heavy atom. The molecule has 4 aromatic rings. The predicted molar refractivity (Wildman–Crippen MR) is 127 cm³/mol. The Hall–Kier alpha value is -4.68. The van der Waals surface area contributed by atoms with Crippen molar-refractivity contribution in [2.24, 2.45) is 14.1 Å². The van der Waals surface area contributed by atoms with Gasteiger partial charge in [-0.15, -0.1) is 5.73 Å². The molecule has 0 unspecified atom stereocenters. The maximum Gasteiger partial charge on any atom is 0.283 e. The van der Waals surface area contributed by atoms with Crippen LogP contribution in [0.4, 0.5) is 0 Å². The summed E-state index contributed by atoms with van der Waals surface area (Å²) in [4.78, 5) is 25.5. The first kappa shape index (κ1) is 21.5. The molecule has 0 aliphatic rings. The molecule has 33 heavy (non-hydrogen) atoms. The molecule has 2 heterocycles. The smallest absolute Gasteiger partial charge is 0.283 e. The highest BCUT2D eigenvalue weighted by Gasteiger charge is 2.17. The lowest BCUT2D eigenvalue weighted by Gasteiger charge is -2.06. The minimum Gasteiger partial charge on any atom is -0.493 e. The summed E-state index contributed by atoms with van der Waals surface area (Å²) >= 11 is 0. The van der Waals surface area contributed by atoms with E-state index in [1.807, 2.05) is 12.1 Å². The molecule has 4 rings (SSSR count). The topological polar surface area (TPSA) is 94.3 Å². The van der Waals surface area contributed by atoms with Crippen LogP contribution in [0.1, 0.15) is 11.1 Å². The third-order valence-corrected chi connectivity index (χ3v) is 5.22. The van der Waals surface area contributed by atoms with E-state index in [1.54, 1.807) is 62.6 Å². The number of benzene rings is 2. The average molecular weight is 442 g/mol. The first-order chi connectivity index (χ1) is 15.9. The van der Waals surface area contributed by atoms with Crippen LogP contribution in [0.2, 0.25) is 0 Å². The number of rotatable bonds is 5. The van der Waals surface area contributed by atoms with Gasteiger partial charge in [0.05, 0.1) is 11.4 Å². The zero-order valence-corrected chi connectivity index (χ0v) is 18.1. The van der Waals surface area contributed by atoms with Crippen LogP contribution in [0.15, 0.2) is 88.1 Å². The molecule has 0 bridgehead atoms. The first-order valence-electron chi connectivity index (χ1n) is 10.1. The molecule has 0 atom stereocenters. The molecule has 8 heteroatoms. The van der Waals surface area contributed by atoms with Crippen molar-refractivity contribution in [1.29, 1.82) is 0 Å². The highest BCUT2D eigenvalue weighted by atomic mass is 16.3. The maximum atomic E-state index is 12.8. The largest absolute Gasteiger partial charge is 0.493 e. The predicted octanol–water partition coefficient (Wildman–Crippen LogP) is 2.96. The minimum atomic E-state index is -0.391. The fraction of sp³-hybridized carbons (Fsp3) is 0.0800. The average Bonchev–Trinajstić information content (AvgIpc) is 3.17. The molecule has 2 N–H and O–H groups in total. The molecule has 0 saturated carbocycles. The quantitative estimate of drug-likeness (QED) is 0.367. The summed E-state index contributed by atoms with van der Waals surface area (Å²) in [5.74, 6) is -0.371. The Bertz CT molecular complexity index is 1510. The van der Waals surface area contributed by atoms with Crippen molar-refractivity contribution < 1.29 is 10.2 Å². The van der Waals surface area contributed by atoms with E-state index in [4.69, 9.17) is 0 Å². The van der Waals surface area contributed by atoms with Crippen molar-refractivity contribution in [1.82, 2.24) is 18.7 Å². The number of para-hydroxylation sites is 2. The molecule has 0 radical (unpaired) electrons. The standard InChI is InChI=1S/C25H22N4O4/c1-26-22(30)20(24(32)28(26)18-12-6-3-7-13-18)16-10-5-11-17-21-23(31)27(2)29(25(21)33)19-14-8-4-9-15-19/h3-10,12-17,30-31H,1-2H3. The second-order valence-electron chi connectivity index (χ2n) is 7.26. The monoisotopic (exact) mass is 442 g/mol. The summed E-state index contributed by atoms with van der Waals surface area (Å²) in [6.45, 7) is 0. The molecule has 0 saturated heterocycles. The van der Waals surface area contributed by atoms with Crippen LogP contribution < -0.4 is 11.1 Å². The number of hydrogen-bond acceptors (Lipinski definition) is 4. The summed E-state index contributed by atoms with van der Waals surface area (Å²) in [5.41, 5.74) is 3.51. The van der Waals surface area contributed by atoms with Gasteiger partial charge in [-0.3, -0.25) is 9.59 Å². The van der Waals surface area contributed by atoms with E-state index in [2.05, 4.69) is 5.73 Å². The van der Waals surface area contributed by atoms with Gasteiger partial charge in [0.1, 0.15) is 11.1 Å². The lowest BCUT2D eigenvalue weighted by atomic mass is 10.2. The molecule has 0 spiro atoms. The van der Waals surface area contributed by atoms with Crippen molar-refractivity contribution in [3.05, 3.63) is 110 Å². The Balaban J connectivity index is 1.64. The number of hydrogen-bond donors (Lipinski definition) is 2. The summed E-state index contributed by atoms with van der Waals surface area (Å²) in [6.07, 6.45) is 5.84. The van der Waals surface area contributed by atoms with Crippen LogP contribution in [-0.4, -0.2) is 28.9 Å². The summed E-state index contributed by atoms with van der Waals surface area (Å²) < 4.78 is 5.44. The van der Waals surface area contributed by atoms with Crippen LogP contribution in [0.25, 0.3) is 23.5 Å². The second kappa shape index (κ2) is 8.82. The van der Waals surface area contributed by atoms with E-state index in [9.17, 15) is 19.8 Å². The fourth-order valence-electron chi connectivity index (χ4n) is 3.55. The van der Waals surface area contributed by atoms with Crippen LogP contribution in [0.5, 0.6) is 11.8 Å². The third-order valence-electron chi connectivity index (χ3n) is 5.22. The summed E-state index contributed by atoms with van der Waals surface area (Å²) in [5, 5.41) is 20.7. The van der Waals surface area contributed by atoms with Crippen LogP contribution in [0.3, 0.4) is 0 Å². The minimum absolute atomic E-state index is 0.0833. The van der Waals surface area contributed by atoms with E-state index in [1.165, 1.54) is 43.0 Å². The fourth-order valence-corrected chi connectivity index (χ4v) is 3.55. The van der Waals surface area contributed by atoms with E-state index in [-0.39, 0.29) is 28.4 Å². The van der Waals surface area contributed by atoms with Gasteiger partial charge < -0.3 is 10.2 Å². The first-order valence-corrected chi connectivity index (χ1v) is 10.1. The molecule has 0 aliphatic heterocycles. The van der Waals surface area contributed by atoms with E-state index in [0.717, 1.165) is 0 Å². The molecule has 2 aromatic carbocycles. The Morgan fingerprint density at radius 1 is 0.727 bits per heavy atom. The zero-order valence-electron chi connectivity index (χ0n) is 18.1. The van der Waals surface area contributed by atoms with Crippen molar-refractivity contribution in [3.63, 3.8) is 0 Å².